The summed E-state index contributed by atoms with van der Waals surface area (Å²) in [6.45, 7) is 0. The maximum atomic E-state index is 6.77. The summed E-state index contributed by atoms with van der Waals surface area (Å²) in [7, 11) is 0. The zero-order valence-corrected chi connectivity index (χ0v) is 33.8. The average molecular weight is 810 g/mol. The molecule has 0 unspecified atom stereocenters. The lowest BCUT2D eigenvalue weighted by atomic mass is 10.1. The summed E-state index contributed by atoms with van der Waals surface area (Å²) in [6, 6.07) is 66.7. The third-order valence-corrected chi connectivity index (χ3v) is 13.7. The number of fused-ring (bicyclic) bond motifs is 13. The van der Waals surface area contributed by atoms with Crippen molar-refractivity contribution in [2.24, 2.45) is 0 Å². The summed E-state index contributed by atoms with van der Waals surface area (Å²) in [5.41, 5.74) is 8.62. The van der Waals surface area contributed by atoms with E-state index >= 15 is 0 Å². The van der Waals surface area contributed by atoms with Crippen molar-refractivity contribution >= 4 is 108 Å². The Bertz CT molecular complexity index is 4130. The van der Waals surface area contributed by atoms with E-state index in [1.807, 2.05) is 12.1 Å². The molecule has 6 nitrogen and oxygen atoms in total. The molecule has 5 heterocycles. The Morgan fingerprint density at radius 2 is 0.952 bits per heavy atom. The summed E-state index contributed by atoms with van der Waals surface area (Å²) in [5.74, 6) is 1.70. The number of rotatable bonds is 4. The minimum atomic E-state index is 0.549. The lowest BCUT2D eigenvalue weighted by molar-refractivity contribution is 0.669. The first kappa shape index (κ1) is 33.7. The highest BCUT2D eigenvalue weighted by atomic mass is 32.1. The molecule has 0 aliphatic heterocycles. The number of hydrogen-bond acceptors (Lipinski definition) is 5. The van der Waals surface area contributed by atoms with Gasteiger partial charge in [-0.1, -0.05) is 127 Å². The van der Waals surface area contributed by atoms with Crippen molar-refractivity contribution in [1.29, 1.82) is 0 Å². The summed E-state index contributed by atoms with van der Waals surface area (Å²) < 4.78 is 13.8. The molecule has 0 spiro atoms. The van der Waals surface area contributed by atoms with Crippen LogP contribution in [0.15, 0.2) is 192 Å². The standard InChI is InChI=1S/C55H31N5OS/c1-2-14-33-28-46-42(27-32(33)13-1)38-17-5-8-20-43(38)59(46)47-29-35(30-49-52(47)41-19-6-11-23-48(41)61-49)54-56-53(34-25-26-40-39-18-7-12-24-50(39)62-51(40)31-34)57-55(58-54)60-44-21-9-3-15-36(44)37-16-4-10-22-45(37)60/h1-31H. The van der Waals surface area contributed by atoms with E-state index in [4.69, 9.17) is 19.4 Å². The maximum Gasteiger partial charge on any atom is 0.238 e. The van der Waals surface area contributed by atoms with Crippen molar-refractivity contribution in [1.82, 2.24) is 24.1 Å². The number of benzene rings is 9. The molecule has 0 fully saturated rings. The van der Waals surface area contributed by atoms with Crippen LogP contribution in [0.2, 0.25) is 0 Å². The van der Waals surface area contributed by atoms with E-state index in [0.717, 1.165) is 71.6 Å². The smallest absolute Gasteiger partial charge is 0.238 e. The largest absolute Gasteiger partial charge is 0.456 e. The van der Waals surface area contributed by atoms with Gasteiger partial charge in [-0.2, -0.15) is 9.97 Å². The van der Waals surface area contributed by atoms with Gasteiger partial charge < -0.3 is 8.98 Å². The van der Waals surface area contributed by atoms with Gasteiger partial charge in [0.2, 0.25) is 5.95 Å². The first-order chi connectivity index (χ1) is 30.7. The molecule has 7 heteroatoms. The molecule has 62 heavy (non-hydrogen) atoms. The van der Waals surface area contributed by atoms with E-state index in [-0.39, 0.29) is 0 Å². The van der Waals surface area contributed by atoms with Gasteiger partial charge in [0.25, 0.3) is 0 Å². The minimum Gasteiger partial charge on any atom is -0.456 e. The molecule has 0 N–H and O–H groups in total. The van der Waals surface area contributed by atoms with Crippen LogP contribution < -0.4 is 0 Å². The highest BCUT2D eigenvalue weighted by molar-refractivity contribution is 7.25. The first-order valence-electron chi connectivity index (χ1n) is 20.8. The summed E-state index contributed by atoms with van der Waals surface area (Å²) in [4.78, 5) is 16.1. The van der Waals surface area contributed by atoms with Gasteiger partial charge in [0, 0.05) is 58.2 Å². The van der Waals surface area contributed by atoms with Crippen LogP contribution in [0.4, 0.5) is 0 Å². The fourth-order valence-corrected chi connectivity index (χ4v) is 10.9. The number of hydrogen-bond donors (Lipinski definition) is 0. The van der Waals surface area contributed by atoms with Crippen molar-refractivity contribution in [3.05, 3.63) is 188 Å². The SMILES string of the molecule is c1ccc2cc3c(cc2c1)c1ccccc1n3-c1cc(-c2nc(-c3ccc4c(c3)sc3ccccc34)nc(-n3c4ccccc4c4ccccc43)n2)cc2oc3ccccc3c12. The molecule has 0 bridgehead atoms. The van der Waals surface area contributed by atoms with Gasteiger partial charge in [-0.05, 0) is 71.4 Å². The predicted octanol–water partition coefficient (Wildman–Crippen LogP) is 14.8. The topological polar surface area (TPSA) is 61.7 Å². The van der Waals surface area contributed by atoms with Crippen LogP contribution in [0.5, 0.6) is 0 Å². The molecule has 0 atom stereocenters. The first-order valence-corrected chi connectivity index (χ1v) is 21.6. The molecule has 0 saturated heterocycles. The molecule has 14 rings (SSSR count). The van der Waals surface area contributed by atoms with Gasteiger partial charge in [-0.15, -0.1) is 11.3 Å². The van der Waals surface area contributed by atoms with Crippen molar-refractivity contribution in [3.8, 4) is 34.4 Å². The van der Waals surface area contributed by atoms with Crippen LogP contribution >= 0.6 is 11.3 Å². The van der Waals surface area contributed by atoms with Crippen LogP contribution in [-0.4, -0.2) is 24.1 Å². The Morgan fingerprint density at radius 3 is 1.71 bits per heavy atom. The Hall–Kier alpha value is -8.13. The van der Waals surface area contributed by atoms with Gasteiger partial charge in [-0.25, -0.2) is 4.98 Å². The summed E-state index contributed by atoms with van der Waals surface area (Å²) >= 11 is 1.79. The molecule has 288 valence electrons. The van der Waals surface area contributed by atoms with Crippen molar-refractivity contribution < 1.29 is 4.42 Å². The zero-order chi connectivity index (χ0) is 40.5. The highest BCUT2D eigenvalue weighted by Gasteiger charge is 2.23. The maximum absolute atomic E-state index is 6.77. The van der Waals surface area contributed by atoms with Gasteiger partial charge in [0.05, 0.1) is 33.1 Å². The van der Waals surface area contributed by atoms with E-state index in [0.29, 0.717) is 17.6 Å². The molecular formula is C55H31N5OS. The van der Waals surface area contributed by atoms with Crippen LogP contribution in [-0.2, 0) is 0 Å². The molecule has 0 aliphatic rings. The Morgan fingerprint density at radius 1 is 0.371 bits per heavy atom. The molecule has 0 radical (unpaired) electrons. The molecular weight excluding hydrogens is 779 g/mol. The third-order valence-electron chi connectivity index (χ3n) is 12.5. The quantitative estimate of drug-likeness (QED) is 0.178. The van der Waals surface area contributed by atoms with Gasteiger partial charge in [0.1, 0.15) is 11.2 Å². The third kappa shape index (κ3) is 4.82. The molecule has 0 aliphatic carbocycles. The van der Waals surface area contributed by atoms with Crippen molar-refractivity contribution in [2.45, 2.75) is 0 Å². The van der Waals surface area contributed by atoms with E-state index in [9.17, 15) is 0 Å². The van der Waals surface area contributed by atoms with Crippen LogP contribution in [0.1, 0.15) is 0 Å². The second kappa shape index (κ2) is 12.7. The monoisotopic (exact) mass is 809 g/mol. The second-order valence-electron chi connectivity index (χ2n) is 16.0. The number of thiophene rings is 1. The Labute approximate surface area is 357 Å². The summed E-state index contributed by atoms with van der Waals surface area (Å²) in [6.07, 6.45) is 0. The van der Waals surface area contributed by atoms with Crippen molar-refractivity contribution in [2.75, 3.05) is 0 Å². The number of para-hydroxylation sites is 4. The normalized spacial score (nSPS) is 12.2. The lowest BCUT2D eigenvalue weighted by Gasteiger charge is -2.14. The van der Waals surface area contributed by atoms with Crippen molar-refractivity contribution in [3.63, 3.8) is 0 Å². The molecule has 0 saturated carbocycles. The fraction of sp³-hybridized carbons (Fsp3) is 0. The number of aromatic nitrogens is 5. The van der Waals surface area contributed by atoms with Gasteiger partial charge in [-0.3, -0.25) is 4.57 Å². The summed E-state index contributed by atoms with van der Waals surface area (Å²) in [5, 5.41) is 11.6. The van der Waals surface area contributed by atoms with E-state index in [1.165, 1.54) is 41.7 Å². The van der Waals surface area contributed by atoms with Gasteiger partial charge >= 0.3 is 0 Å². The van der Waals surface area contributed by atoms with Crippen LogP contribution in [0, 0.1) is 0 Å². The van der Waals surface area contributed by atoms with E-state index < -0.39 is 0 Å². The number of nitrogens with zero attached hydrogens (tertiary/aromatic N) is 5. The molecule has 9 aromatic carbocycles. The van der Waals surface area contributed by atoms with E-state index in [1.54, 1.807) is 11.3 Å². The molecule has 14 aromatic rings. The zero-order valence-electron chi connectivity index (χ0n) is 33.0. The minimum absolute atomic E-state index is 0.549. The van der Waals surface area contributed by atoms with E-state index in [2.05, 4.69) is 185 Å². The number of furan rings is 1. The average Bonchev–Trinajstić information content (AvgIpc) is 4.08. The Kier molecular flexibility index (Phi) is 6.89. The molecule has 0 amide bonds. The second-order valence-corrected chi connectivity index (χ2v) is 17.1. The van der Waals surface area contributed by atoms with Gasteiger partial charge in [0.15, 0.2) is 11.6 Å². The predicted molar refractivity (Wildman–Crippen MR) is 257 cm³/mol. The Balaban J connectivity index is 1.09. The lowest BCUT2D eigenvalue weighted by Crippen LogP contribution is -2.06. The van der Waals surface area contributed by atoms with Crippen LogP contribution in [0.3, 0.4) is 0 Å². The molecule has 5 aromatic heterocycles. The highest BCUT2D eigenvalue weighted by Crippen LogP contribution is 2.43. The van der Waals surface area contributed by atoms with Crippen LogP contribution in [0.25, 0.3) is 131 Å². The fourth-order valence-electron chi connectivity index (χ4n) is 9.78.